The number of aromatic carboxylic acids is 1. The number of benzene rings is 2. The molecule has 0 fully saturated rings. The van der Waals surface area contributed by atoms with Gasteiger partial charge in [0.25, 0.3) is 0 Å². The Morgan fingerprint density at radius 1 is 1.12 bits per heavy atom. The Morgan fingerprint density at radius 3 is 2.67 bits per heavy atom. The Kier molecular flexibility index (Phi) is 3.42. The van der Waals surface area contributed by atoms with E-state index in [4.69, 9.17) is 9.63 Å². The van der Waals surface area contributed by atoms with Gasteiger partial charge in [-0.25, -0.2) is 4.79 Å². The Morgan fingerprint density at radius 2 is 1.92 bits per heavy atom. The molecule has 0 bridgehead atoms. The number of fused-ring (bicyclic) bond motifs is 1. The van der Waals surface area contributed by atoms with E-state index in [1.807, 2.05) is 18.2 Å². The Bertz CT molecular complexity index is 1050. The molecule has 0 saturated carbocycles. The third-order valence-corrected chi connectivity index (χ3v) is 4.19. The maximum atomic E-state index is 10.9. The molecule has 118 valence electrons. The van der Waals surface area contributed by atoms with Crippen molar-refractivity contribution in [2.75, 3.05) is 0 Å². The lowest BCUT2D eigenvalue weighted by atomic mass is 10.1. The minimum atomic E-state index is -0.962. The number of halogens is 1. The van der Waals surface area contributed by atoms with Crippen molar-refractivity contribution in [3.8, 4) is 22.7 Å². The van der Waals surface area contributed by atoms with Crippen molar-refractivity contribution in [1.82, 2.24) is 15.4 Å². The molecule has 0 spiro atoms. The van der Waals surface area contributed by atoms with Gasteiger partial charge in [0.2, 0.25) is 0 Å². The van der Waals surface area contributed by atoms with Crippen molar-refractivity contribution in [3.63, 3.8) is 0 Å². The summed E-state index contributed by atoms with van der Waals surface area (Å²) in [4.78, 5) is 10.9. The molecule has 2 N–H and O–H groups in total. The van der Waals surface area contributed by atoms with Gasteiger partial charge < -0.3 is 9.63 Å². The lowest BCUT2D eigenvalue weighted by molar-refractivity contribution is 0.0697. The van der Waals surface area contributed by atoms with Gasteiger partial charge in [-0.15, -0.1) is 0 Å². The summed E-state index contributed by atoms with van der Waals surface area (Å²) in [5.41, 5.74) is 3.19. The summed E-state index contributed by atoms with van der Waals surface area (Å²) < 4.78 is 6.37. The number of hydrogen-bond acceptors (Lipinski definition) is 4. The first-order valence-electron chi connectivity index (χ1n) is 7.06. The first-order chi connectivity index (χ1) is 11.6. The molecule has 24 heavy (non-hydrogen) atoms. The van der Waals surface area contributed by atoms with E-state index in [-0.39, 0.29) is 5.56 Å². The summed E-state index contributed by atoms with van der Waals surface area (Å²) in [5, 5.41) is 21.2. The molecule has 0 aliphatic rings. The van der Waals surface area contributed by atoms with Gasteiger partial charge in [0.1, 0.15) is 11.4 Å². The summed E-state index contributed by atoms with van der Waals surface area (Å²) in [5.74, 6) is -0.423. The van der Waals surface area contributed by atoms with Gasteiger partial charge >= 0.3 is 5.97 Å². The van der Waals surface area contributed by atoms with Crippen LogP contribution in [0.4, 0.5) is 0 Å². The van der Waals surface area contributed by atoms with Crippen LogP contribution < -0.4 is 0 Å². The fraction of sp³-hybridized carbons (Fsp3) is 0. The van der Waals surface area contributed by atoms with E-state index in [1.165, 1.54) is 12.1 Å². The molecule has 2 heterocycles. The fourth-order valence-corrected chi connectivity index (χ4v) is 2.84. The van der Waals surface area contributed by atoms with Crippen LogP contribution in [-0.4, -0.2) is 26.4 Å². The SMILES string of the molecule is O=C(O)c1ccc(-c2cc(-c3n[nH]c4ccc(Br)cc34)on2)cc1. The van der Waals surface area contributed by atoms with Gasteiger partial charge in [0.05, 0.1) is 11.1 Å². The highest BCUT2D eigenvalue weighted by Gasteiger charge is 2.15. The first-order valence-corrected chi connectivity index (χ1v) is 7.85. The summed E-state index contributed by atoms with van der Waals surface area (Å²) in [6.07, 6.45) is 0. The van der Waals surface area contributed by atoms with Gasteiger partial charge in [-0.2, -0.15) is 5.10 Å². The lowest BCUT2D eigenvalue weighted by Crippen LogP contribution is -1.94. The summed E-state index contributed by atoms with van der Waals surface area (Å²) in [6.45, 7) is 0. The van der Waals surface area contributed by atoms with E-state index in [0.29, 0.717) is 17.1 Å². The highest BCUT2D eigenvalue weighted by atomic mass is 79.9. The topological polar surface area (TPSA) is 92.0 Å². The van der Waals surface area contributed by atoms with Crippen LogP contribution in [0.5, 0.6) is 0 Å². The Balaban J connectivity index is 1.74. The largest absolute Gasteiger partial charge is 0.478 e. The number of rotatable bonds is 3. The van der Waals surface area contributed by atoms with Crippen molar-refractivity contribution in [3.05, 3.63) is 58.6 Å². The number of nitrogens with one attached hydrogen (secondary N) is 1. The summed E-state index contributed by atoms with van der Waals surface area (Å²) >= 11 is 3.45. The van der Waals surface area contributed by atoms with E-state index in [2.05, 4.69) is 31.3 Å². The van der Waals surface area contributed by atoms with E-state index in [9.17, 15) is 4.79 Å². The van der Waals surface area contributed by atoms with Crippen LogP contribution in [0.3, 0.4) is 0 Å². The molecule has 0 aliphatic carbocycles. The number of aromatic amines is 1. The second-order valence-corrected chi connectivity index (χ2v) is 6.14. The Labute approximate surface area is 144 Å². The van der Waals surface area contributed by atoms with Crippen molar-refractivity contribution in [1.29, 1.82) is 0 Å². The Hall–Kier alpha value is -2.93. The van der Waals surface area contributed by atoms with Gasteiger partial charge in [0.15, 0.2) is 5.76 Å². The molecule has 6 nitrogen and oxygen atoms in total. The fourth-order valence-electron chi connectivity index (χ4n) is 2.48. The van der Waals surface area contributed by atoms with E-state index < -0.39 is 5.97 Å². The van der Waals surface area contributed by atoms with Gasteiger partial charge in [0, 0.05) is 21.5 Å². The van der Waals surface area contributed by atoms with E-state index in [1.54, 1.807) is 18.2 Å². The van der Waals surface area contributed by atoms with Gasteiger partial charge in [-0.05, 0) is 30.3 Å². The molecule has 0 unspecified atom stereocenters. The van der Waals surface area contributed by atoms with Crippen molar-refractivity contribution in [2.24, 2.45) is 0 Å². The average molecular weight is 384 g/mol. The molecule has 4 aromatic rings. The maximum Gasteiger partial charge on any atom is 0.335 e. The van der Waals surface area contributed by atoms with Crippen LogP contribution in [-0.2, 0) is 0 Å². The molecule has 2 aromatic carbocycles. The lowest BCUT2D eigenvalue weighted by Gasteiger charge is -1.96. The molecular formula is C17H10BrN3O3. The zero-order valence-electron chi connectivity index (χ0n) is 12.2. The normalized spacial score (nSPS) is 11.0. The first kappa shape index (κ1) is 14.6. The number of carboxylic acid groups (broad SMARTS) is 1. The number of H-pyrrole nitrogens is 1. The van der Waals surface area contributed by atoms with Gasteiger partial charge in [-0.3, -0.25) is 5.10 Å². The van der Waals surface area contributed by atoms with Crippen LogP contribution in [0.15, 0.2) is 57.5 Å². The molecular weight excluding hydrogens is 374 g/mol. The van der Waals surface area contributed by atoms with Crippen LogP contribution in [0, 0.1) is 0 Å². The van der Waals surface area contributed by atoms with Crippen molar-refractivity contribution in [2.45, 2.75) is 0 Å². The number of hydrogen-bond donors (Lipinski definition) is 2. The summed E-state index contributed by atoms with van der Waals surface area (Å²) in [6, 6.07) is 14.1. The smallest absolute Gasteiger partial charge is 0.335 e. The molecule has 7 heteroatoms. The van der Waals surface area contributed by atoms with Crippen molar-refractivity contribution >= 4 is 32.8 Å². The standard InChI is InChI=1S/C17H10BrN3O3/c18-11-5-6-13-12(7-11)16(20-19-13)15-8-14(21-24-15)9-1-3-10(4-2-9)17(22)23/h1-8H,(H,19,20)(H,22,23). The predicted molar refractivity (Wildman–Crippen MR) is 91.7 cm³/mol. The molecule has 2 aromatic heterocycles. The van der Waals surface area contributed by atoms with Crippen molar-refractivity contribution < 1.29 is 14.4 Å². The quantitative estimate of drug-likeness (QED) is 0.548. The average Bonchev–Trinajstić information content (AvgIpc) is 3.21. The second kappa shape index (κ2) is 5.61. The van der Waals surface area contributed by atoms with Crippen LogP contribution in [0.1, 0.15) is 10.4 Å². The molecule has 4 rings (SSSR count). The minimum absolute atomic E-state index is 0.227. The molecule has 0 aliphatic heterocycles. The second-order valence-electron chi connectivity index (χ2n) is 5.22. The van der Waals surface area contributed by atoms with E-state index in [0.717, 1.165) is 20.9 Å². The monoisotopic (exact) mass is 383 g/mol. The highest BCUT2D eigenvalue weighted by Crippen LogP contribution is 2.31. The highest BCUT2D eigenvalue weighted by molar-refractivity contribution is 9.10. The zero-order valence-corrected chi connectivity index (χ0v) is 13.7. The maximum absolute atomic E-state index is 10.9. The summed E-state index contributed by atoms with van der Waals surface area (Å²) in [7, 11) is 0. The van der Waals surface area contributed by atoms with E-state index >= 15 is 0 Å². The minimum Gasteiger partial charge on any atom is -0.478 e. The predicted octanol–water partition coefficient (Wildman–Crippen LogP) is 4.35. The third-order valence-electron chi connectivity index (χ3n) is 3.70. The van der Waals surface area contributed by atoms with Crippen LogP contribution in [0.25, 0.3) is 33.6 Å². The van der Waals surface area contributed by atoms with Crippen LogP contribution in [0.2, 0.25) is 0 Å². The molecule has 0 radical (unpaired) electrons. The number of aromatic nitrogens is 3. The van der Waals surface area contributed by atoms with Crippen LogP contribution >= 0.6 is 15.9 Å². The number of carboxylic acids is 1. The number of carbonyl (C=O) groups is 1. The number of nitrogens with zero attached hydrogens (tertiary/aromatic N) is 2. The zero-order chi connectivity index (χ0) is 16.7. The van der Waals surface area contributed by atoms with Gasteiger partial charge in [-0.1, -0.05) is 33.2 Å². The molecule has 0 saturated heterocycles. The molecule has 0 atom stereocenters. The third kappa shape index (κ3) is 2.48. The molecule has 0 amide bonds.